The molecule has 0 saturated heterocycles. The molecule has 0 aliphatic carbocycles. The fraction of sp³-hybridized carbons (Fsp3) is 0.0556. The van der Waals surface area contributed by atoms with E-state index >= 15 is 0 Å². The lowest BCUT2D eigenvalue weighted by Gasteiger charge is -2.07. The number of benzene rings is 2. The number of rotatable bonds is 3. The first-order valence-electron chi connectivity index (χ1n) is 6.68. The van der Waals surface area contributed by atoms with E-state index in [9.17, 15) is 0 Å². The van der Waals surface area contributed by atoms with E-state index in [1.165, 1.54) is 11.1 Å². The second-order valence-corrected chi connectivity index (χ2v) is 5.62. The quantitative estimate of drug-likeness (QED) is 0.618. The van der Waals surface area contributed by atoms with Crippen molar-refractivity contribution in [3.63, 3.8) is 0 Å². The lowest BCUT2D eigenvalue weighted by Crippen LogP contribution is -1.89. The van der Waals surface area contributed by atoms with Gasteiger partial charge in [-0.3, -0.25) is 0 Å². The van der Waals surface area contributed by atoms with E-state index in [4.69, 9.17) is 4.74 Å². The van der Waals surface area contributed by atoms with Gasteiger partial charge in [0.15, 0.2) is 0 Å². The molecule has 0 fully saturated rings. The number of nitrogens with zero attached hydrogens (tertiary/aromatic N) is 1. The van der Waals surface area contributed by atoms with Crippen LogP contribution in [-0.4, -0.2) is 4.98 Å². The summed E-state index contributed by atoms with van der Waals surface area (Å²) in [5.74, 6) is 1.38. The summed E-state index contributed by atoms with van der Waals surface area (Å²) in [6.07, 6.45) is 1.75. The molecule has 2 aromatic carbocycles. The molecular weight excluding hydrogens is 326 g/mol. The predicted molar refractivity (Wildman–Crippen MR) is 88.6 cm³/mol. The molecule has 104 valence electrons. The Balaban J connectivity index is 1.80. The van der Waals surface area contributed by atoms with Crippen molar-refractivity contribution < 1.29 is 4.74 Å². The van der Waals surface area contributed by atoms with Crippen LogP contribution < -0.4 is 4.74 Å². The number of pyridine rings is 1. The van der Waals surface area contributed by atoms with Crippen LogP contribution in [0.15, 0.2) is 71.3 Å². The van der Waals surface area contributed by atoms with Crippen molar-refractivity contribution in [2.45, 2.75) is 6.92 Å². The Hall–Kier alpha value is -2.13. The molecule has 0 N–H and O–H groups in total. The molecule has 0 saturated carbocycles. The Morgan fingerprint density at radius 3 is 2.24 bits per heavy atom. The minimum absolute atomic E-state index is 0.600. The van der Waals surface area contributed by atoms with Crippen molar-refractivity contribution in [2.24, 2.45) is 0 Å². The standard InChI is InChI=1S/C18H14BrNO/c1-13-11-18(20-12-17(13)19)21-16-9-7-15(8-10-16)14-5-3-2-4-6-14/h2-12H,1H3. The van der Waals surface area contributed by atoms with Crippen LogP contribution in [0.25, 0.3) is 11.1 Å². The largest absolute Gasteiger partial charge is 0.439 e. The Kier molecular flexibility index (Phi) is 4.02. The number of ether oxygens (including phenoxy) is 1. The van der Waals surface area contributed by atoms with Gasteiger partial charge in [-0.2, -0.15) is 0 Å². The van der Waals surface area contributed by atoms with E-state index in [2.05, 4.69) is 45.2 Å². The van der Waals surface area contributed by atoms with E-state index < -0.39 is 0 Å². The zero-order valence-corrected chi connectivity index (χ0v) is 13.2. The molecule has 0 spiro atoms. The average molecular weight is 340 g/mol. The molecule has 0 amide bonds. The monoisotopic (exact) mass is 339 g/mol. The third kappa shape index (κ3) is 3.31. The van der Waals surface area contributed by atoms with E-state index in [0.717, 1.165) is 15.8 Å². The highest BCUT2D eigenvalue weighted by atomic mass is 79.9. The third-order valence-electron chi connectivity index (χ3n) is 3.21. The molecule has 0 unspecified atom stereocenters. The Bertz CT molecular complexity index is 739. The van der Waals surface area contributed by atoms with Crippen LogP contribution >= 0.6 is 15.9 Å². The van der Waals surface area contributed by atoms with Gasteiger partial charge in [0, 0.05) is 16.7 Å². The molecular formula is C18H14BrNO. The van der Waals surface area contributed by atoms with Gasteiger partial charge in [0.05, 0.1) is 0 Å². The number of hydrogen-bond acceptors (Lipinski definition) is 2. The maximum absolute atomic E-state index is 5.77. The van der Waals surface area contributed by atoms with Gasteiger partial charge in [-0.25, -0.2) is 4.98 Å². The van der Waals surface area contributed by atoms with Gasteiger partial charge in [-0.15, -0.1) is 0 Å². The lowest BCUT2D eigenvalue weighted by atomic mass is 10.1. The first-order valence-corrected chi connectivity index (χ1v) is 7.47. The fourth-order valence-corrected chi connectivity index (χ4v) is 2.25. The summed E-state index contributed by atoms with van der Waals surface area (Å²) < 4.78 is 6.75. The minimum atomic E-state index is 0.600. The normalized spacial score (nSPS) is 10.4. The maximum Gasteiger partial charge on any atom is 0.219 e. The first kappa shape index (κ1) is 13.8. The van der Waals surface area contributed by atoms with E-state index in [-0.39, 0.29) is 0 Å². The predicted octanol–water partition coefficient (Wildman–Crippen LogP) is 5.61. The summed E-state index contributed by atoms with van der Waals surface area (Å²) in [4.78, 5) is 4.25. The van der Waals surface area contributed by atoms with Crippen molar-refractivity contribution >= 4 is 15.9 Å². The molecule has 3 aromatic rings. The van der Waals surface area contributed by atoms with Gasteiger partial charge in [0.1, 0.15) is 5.75 Å². The zero-order valence-electron chi connectivity index (χ0n) is 11.6. The molecule has 0 bridgehead atoms. The highest BCUT2D eigenvalue weighted by Crippen LogP contribution is 2.26. The summed E-state index contributed by atoms with van der Waals surface area (Å²) >= 11 is 3.43. The molecule has 3 rings (SSSR count). The Morgan fingerprint density at radius 1 is 0.905 bits per heavy atom. The highest BCUT2D eigenvalue weighted by molar-refractivity contribution is 9.10. The minimum Gasteiger partial charge on any atom is -0.439 e. The Morgan fingerprint density at radius 2 is 1.57 bits per heavy atom. The molecule has 0 aliphatic rings. The van der Waals surface area contributed by atoms with Gasteiger partial charge in [0.25, 0.3) is 0 Å². The average Bonchev–Trinajstić information content (AvgIpc) is 2.53. The summed E-state index contributed by atoms with van der Waals surface area (Å²) in [7, 11) is 0. The summed E-state index contributed by atoms with van der Waals surface area (Å²) in [6.45, 7) is 2.01. The number of aromatic nitrogens is 1. The van der Waals surface area contributed by atoms with Crippen molar-refractivity contribution in [1.29, 1.82) is 0 Å². The zero-order chi connectivity index (χ0) is 14.7. The van der Waals surface area contributed by atoms with Crippen LogP contribution in [0.2, 0.25) is 0 Å². The van der Waals surface area contributed by atoms with Gasteiger partial charge < -0.3 is 4.74 Å². The van der Waals surface area contributed by atoms with Gasteiger partial charge in [0.2, 0.25) is 5.88 Å². The first-order chi connectivity index (χ1) is 10.2. The Labute approximate surface area is 132 Å². The van der Waals surface area contributed by atoms with Crippen LogP contribution in [0.4, 0.5) is 0 Å². The molecule has 0 atom stereocenters. The molecule has 2 nitrogen and oxygen atoms in total. The molecule has 0 aliphatic heterocycles. The van der Waals surface area contributed by atoms with Crippen LogP contribution in [0.5, 0.6) is 11.6 Å². The number of hydrogen-bond donors (Lipinski definition) is 0. The van der Waals surface area contributed by atoms with Crippen molar-refractivity contribution in [2.75, 3.05) is 0 Å². The topological polar surface area (TPSA) is 22.1 Å². The summed E-state index contributed by atoms with van der Waals surface area (Å²) in [6, 6.07) is 20.2. The lowest BCUT2D eigenvalue weighted by molar-refractivity contribution is 0.462. The second kappa shape index (κ2) is 6.10. The van der Waals surface area contributed by atoms with E-state index in [0.29, 0.717) is 5.88 Å². The van der Waals surface area contributed by atoms with Gasteiger partial charge in [-0.05, 0) is 51.7 Å². The third-order valence-corrected chi connectivity index (χ3v) is 4.04. The van der Waals surface area contributed by atoms with Gasteiger partial charge >= 0.3 is 0 Å². The van der Waals surface area contributed by atoms with Crippen LogP contribution in [0.1, 0.15) is 5.56 Å². The van der Waals surface area contributed by atoms with Crippen molar-refractivity contribution in [3.05, 3.63) is 76.9 Å². The number of aryl methyl sites for hydroxylation is 1. The van der Waals surface area contributed by atoms with Crippen molar-refractivity contribution in [1.82, 2.24) is 4.98 Å². The van der Waals surface area contributed by atoms with Crippen LogP contribution in [-0.2, 0) is 0 Å². The van der Waals surface area contributed by atoms with Crippen molar-refractivity contribution in [3.8, 4) is 22.8 Å². The SMILES string of the molecule is Cc1cc(Oc2ccc(-c3ccccc3)cc2)ncc1Br. The van der Waals surface area contributed by atoms with E-state index in [1.807, 2.05) is 43.3 Å². The summed E-state index contributed by atoms with van der Waals surface area (Å²) in [5, 5.41) is 0. The highest BCUT2D eigenvalue weighted by Gasteiger charge is 2.03. The van der Waals surface area contributed by atoms with Crippen LogP contribution in [0.3, 0.4) is 0 Å². The van der Waals surface area contributed by atoms with E-state index in [1.54, 1.807) is 6.20 Å². The second-order valence-electron chi connectivity index (χ2n) is 4.76. The molecule has 1 aromatic heterocycles. The molecule has 3 heteroatoms. The molecule has 21 heavy (non-hydrogen) atoms. The van der Waals surface area contributed by atoms with Gasteiger partial charge in [-0.1, -0.05) is 42.5 Å². The summed E-state index contributed by atoms with van der Waals surface area (Å²) in [5.41, 5.74) is 3.46. The molecule has 1 heterocycles. The molecule has 0 radical (unpaired) electrons. The van der Waals surface area contributed by atoms with Crippen LogP contribution in [0, 0.1) is 6.92 Å². The smallest absolute Gasteiger partial charge is 0.219 e. The number of halogens is 1. The fourth-order valence-electron chi connectivity index (χ4n) is 2.04. The maximum atomic E-state index is 5.77.